The summed E-state index contributed by atoms with van der Waals surface area (Å²) in [5.74, 6) is -2.34. The fraction of sp³-hybridized carbons (Fsp3) is 0.562. The van der Waals surface area contributed by atoms with Crippen LogP contribution in [0.5, 0.6) is 0 Å². The SMILES string of the molecule is CCCOC(C1C(=O)c2cc(C)c(C)cc2C1O)C(F)(F)F. The van der Waals surface area contributed by atoms with E-state index in [1.54, 1.807) is 32.9 Å². The summed E-state index contributed by atoms with van der Waals surface area (Å²) in [5.41, 5.74) is 2.05. The number of alkyl halides is 3. The number of fused-ring (bicyclic) bond motifs is 1. The van der Waals surface area contributed by atoms with Gasteiger partial charge in [-0.05, 0) is 43.0 Å². The Balaban J connectivity index is 2.42. The minimum absolute atomic E-state index is 0.116. The van der Waals surface area contributed by atoms with Crippen LogP contribution in [-0.2, 0) is 4.74 Å². The molecular weight excluding hydrogens is 297 g/mol. The van der Waals surface area contributed by atoms with Gasteiger partial charge in [-0.1, -0.05) is 13.0 Å². The molecule has 0 bridgehead atoms. The molecule has 1 aromatic rings. The van der Waals surface area contributed by atoms with Gasteiger partial charge >= 0.3 is 6.18 Å². The van der Waals surface area contributed by atoms with Crippen molar-refractivity contribution >= 4 is 5.78 Å². The van der Waals surface area contributed by atoms with Crippen LogP contribution in [0.4, 0.5) is 13.2 Å². The lowest BCUT2D eigenvalue weighted by molar-refractivity contribution is -0.238. The molecule has 0 aliphatic heterocycles. The lowest BCUT2D eigenvalue weighted by Crippen LogP contribution is -2.42. The maximum absolute atomic E-state index is 13.2. The molecule has 1 N–H and O–H groups in total. The molecule has 3 nitrogen and oxygen atoms in total. The zero-order valence-electron chi connectivity index (χ0n) is 12.7. The Kier molecular flexibility index (Phi) is 4.63. The number of aliphatic hydroxyl groups excluding tert-OH is 1. The number of carbonyl (C=O) groups excluding carboxylic acids is 1. The molecule has 22 heavy (non-hydrogen) atoms. The molecule has 3 unspecified atom stereocenters. The molecule has 0 aromatic heterocycles. The van der Waals surface area contributed by atoms with Crippen molar-refractivity contribution in [1.82, 2.24) is 0 Å². The molecule has 0 amide bonds. The predicted octanol–water partition coefficient (Wildman–Crippen LogP) is 3.51. The highest BCUT2D eigenvalue weighted by Crippen LogP contribution is 2.44. The van der Waals surface area contributed by atoms with Crippen LogP contribution in [-0.4, -0.2) is 29.8 Å². The summed E-state index contributed by atoms with van der Waals surface area (Å²) in [6.45, 7) is 5.13. The van der Waals surface area contributed by atoms with Crippen LogP contribution < -0.4 is 0 Å². The number of ether oxygens (including phenoxy) is 1. The molecule has 0 spiro atoms. The molecule has 1 aliphatic rings. The Hall–Kier alpha value is -1.40. The van der Waals surface area contributed by atoms with E-state index in [-0.39, 0.29) is 17.7 Å². The Bertz CT molecular complexity index is 581. The number of halogens is 3. The number of hydrogen-bond donors (Lipinski definition) is 1. The highest BCUT2D eigenvalue weighted by atomic mass is 19.4. The standard InChI is InChI=1S/C16H19F3O3/c1-4-5-22-15(16(17,18)19)12-13(20)10-6-8(2)9(3)7-11(10)14(12)21/h6-7,12-13,15,20H,4-5H2,1-3H3. The highest BCUT2D eigenvalue weighted by Gasteiger charge is 2.54. The van der Waals surface area contributed by atoms with E-state index < -0.39 is 30.1 Å². The average Bonchev–Trinajstić information content (AvgIpc) is 2.64. The second-order valence-corrected chi connectivity index (χ2v) is 5.69. The third kappa shape index (κ3) is 2.90. The summed E-state index contributed by atoms with van der Waals surface area (Å²) in [6, 6.07) is 3.13. The molecule has 1 aromatic carbocycles. The Morgan fingerprint density at radius 3 is 2.41 bits per heavy atom. The quantitative estimate of drug-likeness (QED) is 0.924. The molecule has 2 rings (SSSR count). The van der Waals surface area contributed by atoms with Crippen molar-refractivity contribution in [3.8, 4) is 0 Å². The first-order chi connectivity index (χ1) is 10.2. The van der Waals surface area contributed by atoms with E-state index >= 15 is 0 Å². The van der Waals surface area contributed by atoms with Crippen molar-refractivity contribution in [2.75, 3.05) is 6.61 Å². The van der Waals surface area contributed by atoms with Gasteiger partial charge in [0.15, 0.2) is 11.9 Å². The van der Waals surface area contributed by atoms with E-state index in [2.05, 4.69) is 0 Å². The van der Waals surface area contributed by atoms with Crippen molar-refractivity contribution in [3.05, 3.63) is 34.4 Å². The molecule has 0 heterocycles. The molecule has 0 saturated carbocycles. The van der Waals surface area contributed by atoms with Crippen LogP contribution in [0.1, 0.15) is 46.5 Å². The van der Waals surface area contributed by atoms with E-state index in [4.69, 9.17) is 4.74 Å². The lowest BCUT2D eigenvalue weighted by atomic mass is 9.95. The molecular formula is C16H19F3O3. The van der Waals surface area contributed by atoms with E-state index in [0.717, 1.165) is 11.1 Å². The van der Waals surface area contributed by atoms with Crippen LogP contribution in [0, 0.1) is 19.8 Å². The Morgan fingerprint density at radius 1 is 1.27 bits per heavy atom. The smallest absolute Gasteiger partial charge is 0.388 e. The molecule has 1 aliphatic carbocycles. The number of carbonyl (C=O) groups is 1. The molecule has 0 fully saturated rings. The molecule has 0 radical (unpaired) electrons. The van der Waals surface area contributed by atoms with Crippen LogP contribution in [0.3, 0.4) is 0 Å². The number of hydrogen-bond acceptors (Lipinski definition) is 3. The number of aliphatic hydroxyl groups is 1. The van der Waals surface area contributed by atoms with Gasteiger partial charge in [0, 0.05) is 12.2 Å². The number of rotatable bonds is 4. The third-order valence-electron chi connectivity index (χ3n) is 4.04. The monoisotopic (exact) mass is 316 g/mol. The van der Waals surface area contributed by atoms with E-state index in [1.807, 2.05) is 0 Å². The first kappa shape index (κ1) is 17.0. The number of aryl methyl sites for hydroxylation is 2. The molecule has 122 valence electrons. The number of ketones is 1. The molecule has 0 saturated heterocycles. The van der Waals surface area contributed by atoms with Gasteiger partial charge in [0.05, 0.1) is 12.0 Å². The maximum atomic E-state index is 13.2. The molecule has 3 atom stereocenters. The minimum atomic E-state index is -4.71. The first-order valence-electron chi connectivity index (χ1n) is 7.20. The fourth-order valence-corrected chi connectivity index (χ4v) is 2.76. The van der Waals surface area contributed by atoms with Gasteiger partial charge in [-0.25, -0.2) is 0 Å². The van der Waals surface area contributed by atoms with Gasteiger partial charge in [-0.2, -0.15) is 13.2 Å². The summed E-state index contributed by atoms with van der Waals surface area (Å²) in [7, 11) is 0. The van der Waals surface area contributed by atoms with Gasteiger partial charge in [0.1, 0.15) is 0 Å². The van der Waals surface area contributed by atoms with E-state index in [9.17, 15) is 23.1 Å². The van der Waals surface area contributed by atoms with E-state index in [0.29, 0.717) is 6.42 Å². The summed E-state index contributed by atoms with van der Waals surface area (Å²) < 4.78 is 44.6. The zero-order chi connectivity index (χ0) is 16.7. The van der Waals surface area contributed by atoms with Crippen molar-refractivity contribution < 1.29 is 27.8 Å². The van der Waals surface area contributed by atoms with Gasteiger partial charge < -0.3 is 9.84 Å². The van der Waals surface area contributed by atoms with Crippen LogP contribution >= 0.6 is 0 Å². The number of Topliss-reactive ketones (excluding diaryl/α,β-unsaturated/α-hetero) is 1. The average molecular weight is 316 g/mol. The second-order valence-electron chi connectivity index (χ2n) is 5.69. The first-order valence-corrected chi connectivity index (χ1v) is 7.20. The zero-order valence-corrected chi connectivity index (χ0v) is 12.7. The summed E-state index contributed by atoms with van der Waals surface area (Å²) >= 11 is 0. The van der Waals surface area contributed by atoms with Gasteiger partial charge in [-0.3, -0.25) is 4.79 Å². The van der Waals surface area contributed by atoms with Crippen LogP contribution in [0.15, 0.2) is 12.1 Å². The van der Waals surface area contributed by atoms with Crippen molar-refractivity contribution in [3.63, 3.8) is 0 Å². The van der Waals surface area contributed by atoms with Crippen LogP contribution in [0.2, 0.25) is 0 Å². The lowest BCUT2D eigenvalue weighted by Gasteiger charge is -2.27. The number of benzene rings is 1. The fourth-order valence-electron chi connectivity index (χ4n) is 2.76. The van der Waals surface area contributed by atoms with E-state index in [1.165, 1.54) is 0 Å². The summed E-state index contributed by atoms with van der Waals surface area (Å²) in [6.07, 6.45) is -8.09. The maximum Gasteiger partial charge on any atom is 0.415 e. The second kappa shape index (κ2) is 6.01. The third-order valence-corrected chi connectivity index (χ3v) is 4.04. The predicted molar refractivity (Wildman–Crippen MR) is 74.8 cm³/mol. The van der Waals surface area contributed by atoms with Gasteiger partial charge in [-0.15, -0.1) is 0 Å². The summed E-state index contributed by atoms with van der Waals surface area (Å²) in [5, 5.41) is 10.3. The van der Waals surface area contributed by atoms with Crippen molar-refractivity contribution in [1.29, 1.82) is 0 Å². The minimum Gasteiger partial charge on any atom is -0.388 e. The topological polar surface area (TPSA) is 46.5 Å². The largest absolute Gasteiger partial charge is 0.415 e. The molecule has 6 heteroatoms. The normalized spacial score (nSPS) is 22.8. The highest BCUT2D eigenvalue weighted by molar-refractivity contribution is 6.03. The Morgan fingerprint density at radius 2 is 1.86 bits per heavy atom. The van der Waals surface area contributed by atoms with Crippen molar-refractivity contribution in [2.45, 2.75) is 45.6 Å². The van der Waals surface area contributed by atoms with Crippen molar-refractivity contribution in [2.24, 2.45) is 5.92 Å². The van der Waals surface area contributed by atoms with Gasteiger partial charge in [0.25, 0.3) is 0 Å². The Labute approximate surface area is 127 Å². The summed E-state index contributed by atoms with van der Waals surface area (Å²) in [4.78, 5) is 12.4. The van der Waals surface area contributed by atoms with Gasteiger partial charge in [0.2, 0.25) is 0 Å². The van der Waals surface area contributed by atoms with Crippen LogP contribution in [0.25, 0.3) is 0 Å².